The molecule has 0 bridgehead atoms. The highest BCUT2D eigenvalue weighted by Crippen LogP contribution is 2.29. The van der Waals surface area contributed by atoms with Crippen molar-refractivity contribution in [2.24, 2.45) is 17.8 Å². The molecule has 5 saturated heterocycles. The smallest absolute Gasteiger partial charge is 0.0110 e. The minimum absolute atomic E-state index is 0. The number of benzene rings is 1. The number of hydrogen-bond donors (Lipinski definition) is 0. The second kappa shape index (κ2) is 166. The fourth-order valence-corrected chi connectivity index (χ4v) is 9.49. The van der Waals surface area contributed by atoms with Crippen LogP contribution in [0.2, 0.25) is 0 Å². The minimum Gasteiger partial charge on any atom is -0.306 e. The van der Waals surface area contributed by atoms with Gasteiger partial charge in [-0.1, -0.05) is 412 Å². The van der Waals surface area contributed by atoms with Crippen LogP contribution in [-0.4, -0.2) is 148 Å². The zero-order chi connectivity index (χ0) is 92.5. The Bertz CT molecular complexity index is 1560. The molecule has 116 heavy (non-hydrogen) atoms. The van der Waals surface area contributed by atoms with Gasteiger partial charge in [0.05, 0.1) is 0 Å². The van der Waals surface area contributed by atoms with E-state index in [9.17, 15) is 0 Å². The Morgan fingerprint density at radius 1 is 0.336 bits per heavy atom. The molecule has 6 aliphatic rings. The van der Waals surface area contributed by atoms with Crippen LogP contribution in [0.3, 0.4) is 0 Å². The molecule has 6 heteroatoms. The van der Waals surface area contributed by atoms with Crippen LogP contribution in [0.15, 0.2) is 137 Å². The first kappa shape index (κ1) is 153. The van der Waals surface area contributed by atoms with E-state index in [1.165, 1.54) is 296 Å². The molecule has 1 aromatic rings. The zero-order valence-electron chi connectivity index (χ0n) is 87.7. The maximum atomic E-state index is 3.46. The molecule has 0 amide bonds. The average Bonchev–Trinajstić information content (AvgIpc) is 0.946. The summed E-state index contributed by atoms with van der Waals surface area (Å²) in [6.45, 7) is 114. The second-order valence-electron chi connectivity index (χ2n) is 29.0. The Morgan fingerprint density at radius 2 is 0.586 bits per heavy atom. The molecule has 0 N–H and O–H groups in total. The molecule has 0 spiro atoms. The monoisotopic (exact) mass is 1640 g/mol. The molecule has 0 atom stereocenters. The summed E-state index contributed by atoms with van der Waals surface area (Å²) in [5.41, 5.74) is 2.76. The van der Waals surface area contributed by atoms with Crippen LogP contribution in [0.4, 0.5) is 0 Å². The lowest BCUT2D eigenvalue weighted by Crippen LogP contribution is -2.44. The van der Waals surface area contributed by atoms with Crippen LogP contribution < -0.4 is 0 Å². The number of piperazine rings is 1. The Morgan fingerprint density at radius 3 is 0.759 bits per heavy atom. The van der Waals surface area contributed by atoms with Crippen LogP contribution in [0.25, 0.3) is 0 Å². The molecule has 706 valence electrons. The van der Waals surface area contributed by atoms with Crippen LogP contribution in [-0.2, 0) is 6.42 Å². The predicted molar refractivity (Wildman–Crippen MR) is 564 cm³/mol. The number of allylic oxidation sites excluding steroid dienone is 12. The number of aryl methyl sites for hydroxylation is 2. The quantitative estimate of drug-likeness (QED) is 0.144. The number of likely N-dealkylation sites (N-methyl/N-ethyl adjacent to an activating group) is 2. The first-order valence-corrected chi connectivity index (χ1v) is 49.0. The van der Waals surface area contributed by atoms with Crippen molar-refractivity contribution in [1.82, 2.24) is 29.4 Å². The van der Waals surface area contributed by atoms with Crippen LogP contribution in [0.5, 0.6) is 0 Å². The van der Waals surface area contributed by atoms with Gasteiger partial charge in [-0.3, -0.25) is 0 Å². The van der Waals surface area contributed by atoms with E-state index >= 15 is 0 Å². The molecule has 7 rings (SSSR count). The summed E-state index contributed by atoms with van der Waals surface area (Å²) >= 11 is 0. The summed E-state index contributed by atoms with van der Waals surface area (Å²) < 4.78 is 0. The first-order chi connectivity index (χ1) is 55.5. The van der Waals surface area contributed by atoms with E-state index in [4.69, 9.17) is 0 Å². The van der Waals surface area contributed by atoms with Crippen molar-refractivity contribution < 1.29 is 0 Å². The summed E-state index contributed by atoms with van der Waals surface area (Å²) in [6, 6.07) is 8.66. The van der Waals surface area contributed by atoms with Crippen LogP contribution in [0.1, 0.15) is 434 Å². The lowest BCUT2D eigenvalue weighted by molar-refractivity contribution is 0.160. The van der Waals surface area contributed by atoms with E-state index in [2.05, 4.69) is 279 Å². The number of likely N-dealkylation sites (tertiary alicyclic amines) is 4. The molecule has 1 saturated carbocycles. The maximum Gasteiger partial charge on any atom is 0.0110 e. The van der Waals surface area contributed by atoms with Crippen molar-refractivity contribution in [3.8, 4) is 0 Å². The molecule has 5 aliphatic heterocycles. The standard InChI is InChI=1S/C9H18.C9H12.C8H17N.C7H16N2.3C7H15N.C6H12.C5H8.3C4H10.2C4H8.3C3H8.3C3H6.2C2H6.C2H4.CH4/c2*1-3-9-6-4-8(2)5-7-9;1-3-8-4-6-9(2)7-5-8;1-3-9-6-4-8(2)5-7-9;3*1-2-8-6-4-3-5-7-8;1-3-5-6-4-2;1-3-5-4-2;5*1-3-4-2;6*1-3-2;3*1-2;/h8-9H,3-7H2,1-2H3;4-7H,3H2,1-2H3;8H,3-7H2,1-2H3;3-7H2,1-2H3;3*2-7H2,1H3;3,5H,4,6H2,1-2H3;3-5H,1H2,2H3;3*3-4H2,1-2H3;2*3-4H,1-2H3;3*3H2,1-2H3;3*3H,1H2,2H3;2*1-2H3;1-2H2;1H4. The zero-order valence-corrected chi connectivity index (χ0v) is 87.7. The minimum atomic E-state index is 0. The van der Waals surface area contributed by atoms with Crippen molar-refractivity contribution in [2.45, 2.75) is 436 Å². The maximum absolute atomic E-state index is 3.46. The third-order valence-electron chi connectivity index (χ3n) is 17.6. The SMILES string of the molecule is C.C=C.C=CC.C=CC.C=CC.C=CC=CC.CC.CC.CC=CC.CC=CC.CC=CCCC.CCC.CCC.CCC.CCC1CCC(C)CC1.CCC1CCN(C)CC1.CCCC.CCCC.CCCC.CCN1CCCCC1.CCN1CCCCC1.CCN1CCCCC1.CCN1CCN(C)CC1.CCc1ccc(C)cc1. The first-order valence-electron chi connectivity index (χ1n) is 49.0. The Balaban J connectivity index is -0.0000000598. The summed E-state index contributed by atoms with van der Waals surface area (Å²) in [4.78, 5) is 14.8. The van der Waals surface area contributed by atoms with Gasteiger partial charge in [-0.05, 0) is 249 Å². The molecule has 1 aliphatic carbocycles. The third kappa shape index (κ3) is 186. The largest absolute Gasteiger partial charge is 0.306 e. The van der Waals surface area contributed by atoms with Gasteiger partial charge >= 0.3 is 0 Å². The summed E-state index contributed by atoms with van der Waals surface area (Å²) in [5.74, 6) is 3.12. The summed E-state index contributed by atoms with van der Waals surface area (Å²) in [7, 11) is 4.40. The second-order valence-corrected chi connectivity index (χ2v) is 29.0. The topological polar surface area (TPSA) is 19.4 Å². The van der Waals surface area contributed by atoms with Crippen LogP contribution >= 0.6 is 0 Å². The van der Waals surface area contributed by atoms with Gasteiger partial charge in [-0.25, -0.2) is 0 Å². The molecule has 0 unspecified atom stereocenters. The Kier molecular flexibility index (Phi) is 220. The number of unbranched alkanes of at least 4 members (excludes halogenated alkanes) is 4. The number of rotatable bonds is 13. The summed E-state index contributed by atoms with van der Waals surface area (Å²) in [6.07, 6.45) is 62.9. The van der Waals surface area contributed by atoms with Gasteiger partial charge in [0.2, 0.25) is 0 Å². The molecule has 1 aromatic carbocycles. The van der Waals surface area contributed by atoms with Crippen molar-refractivity contribution in [3.63, 3.8) is 0 Å². The van der Waals surface area contributed by atoms with Gasteiger partial charge < -0.3 is 29.4 Å². The molecule has 6 nitrogen and oxygen atoms in total. The van der Waals surface area contributed by atoms with Gasteiger partial charge in [0, 0.05) is 26.2 Å². The highest BCUT2D eigenvalue weighted by molar-refractivity contribution is 5.20. The third-order valence-corrected chi connectivity index (χ3v) is 17.6. The fourth-order valence-electron chi connectivity index (χ4n) is 9.49. The van der Waals surface area contributed by atoms with E-state index in [0.29, 0.717) is 0 Å². The van der Waals surface area contributed by atoms with Crippen molar-refractivity contribution in [3.05, 3.63) is 148 Å². The van der Waals surface area contributed by atoms with E-state index < -0.39 is 0 Å². The number of nitrogens with zero attached hydrogens (tertiary/aromatic N) is 6. The number of hydrogen-bond acceptors (Lipinski definition) is 6. The fraction of sp³-hybridized carbons (Fsp3) is 0.782. The van der Waals surface area contributed by atoms with Crippen molar-refractivity contribution in [2.75, 3.05) is 119 Å². The van der Waals surface area contributed by atoms with E-state index in [1.807, 2.05) is 120 Å². The highest BCUT2D eigenvalue weighted by atomic mass is 15.2. The van der Waals surface area contributed by atoms with Crippen molar-refractivity contribution in [1.29, 1.82) is 0 Å². The predicted octanol–water partition coefficient (Wildman–Crippen LogP) is 36.3. The molecule has 6 fully saturated rings. The normalized spacial score (nSPS) is 15.6. The number of piperidine rings is 4. The Labute approximate surface area is 745 Å². The molecule has 0 aromatic heterocycles. The van der Waals surface area contributed by atoms with Gasteiger partial charge in [0.25, 0.3) is 0 Å². The molecular formula is C110H236N6. The van der Waals surface area contributed by atoms with Crippen molar-refractivity contribution >= 4 is 0 Å². The molecule has 5 heterocycles. The lowest BCUT2D eigenvalue weighted by Gasteiger charge is -2.31. The molecule has 0 radical (unpaired) electrons. The van der Waals surface area contributed by atoms with E-state index in [-0.39, 0.29) is 7.43 Å². The van der Waals surface area contributed by atoms with E-state index in [0.717, 1.165) is 24.2 Å². The van der Waals surface area contributed by atoms with Gasteiger partial charge in [-0.15, -0.1) is 32.9 Å². The average molecular weight is 1640 g/mol. The van der Waals surface area contributed by atoms with E-state index in [1.54, 1.807) is 24.3 Å². The summed E-state index contributed by atoms with van der Waals surface area (Å²) in [5, 5.41) is 0. The van der Waals surface area contributed by atoms with Gasteiger partial charge in [0.15, 0.2) is 0 Å². The van der Waals surface area contributed by atoms with Gasteiger partial charge in [0.1, 0.15) is 0 Å². The Hall–Kier alpha value is -3.36. The van der Waals surface area contributed by atoms with Gasteiger partial charge in [-0.2, -0.15) is 0 Å². The van der Waals surface area contributed by atoms with Crippen LogP contribution in [0, 0.1) is 24.7 Å². The molecular weight excluding hydrogens is 1410 g/mol. The lowest BCUT2D eigenvalue weighted by atomic mass is 9.82. The highest BCUT2D eigenvalue weighted by Gasteiger charge is 2.16.